The van der Waals surface area contributed by atoms with Crippen LogP contribution in [0.4, 0.5) is 0 Å². The number of rotatable bonds is 33. The van der Waals surface area contributed by atoms with E-state index in [9.17, 15) is 45.6 Å². The first-order valence-electron chi connectivity index (χ1n) is 22.1. The molecule has 8 N–H and O–H groups in total. The number of unbranched alkanes of at least 4 members (excludes halogenated alkanes) is 26. The monoisotopic (exact) mass is 793 g/mol. The SMILES string of the molecule is CCCCCCCCCCCCCCCCCCCCCCCCCCCCCC(=O)O[C@@]1(CO)O[C@H](O[C@H]2[C@H](O)[C@@H](O)[C@H](O)O[C@@H]2CO)[C@H](O)[C@H](O)[C@H]1O. The molecule has 0 aromatic rings. The Balaban J connectivity index is 1.46. The lowest BCUT2D eigenvalue weighted by Gasteiger charge is -2.48. The zero-order valence-corrected chi connectivity index (χ0v) is 34.0. The Labute approximate surface area is 331 Å². The van der Waals surface area contributed by atoms with Crippen LogP contribution < -0.4 is 0 Å². The van der Waals surface area contributed by atoms with Gasteiger partial charge in [0.1, 0.15) is 43.2 Å². The third-order valence-electron chi connectivity index (χ3n) is 11.3. The van der Waals surface area contributed by atoms with E-state index in [-0.39, 0.29) is 6.42 Å². The van der Waals surface area contributed by atoms with Crippen molar-refractivity contribution in [2.45, 2.75) is 248 Å². The summed E-state index contributed by atoms with van der Waals surface area (Å²) in [5.74, 6) is -3.30. The van der Waals surface area contributed by atoms with Gasteiger partial charge in [0.2, 0.25) is 0 Å². The van der Waals surface area contributed by atoms with E-state index in [2.05, 4.69) is 6.92 Å². The molecule has 0 aromatic carbocycles. The van der Waals surface area contributed by atoms with Crippen molar-refractivity contribution in [1.29, 1.82) is 0 Å². The van der Waals surface area contributed by atoms with Crippen molar-refractivity contribution in [1.82, 2.24) is 0 Å². The molecule has 2 saturated heterocycles. The lowest BCUT2D eigenvalue weighted by atomic mass is 9.95. The van der Waals surface area contributed by atoms with E-state index in [1.807, 2.05) is 0 Å². The molecule has 55 heavy (non-hydrogen) atoms. The second-order valence-electron chi connectivity index (χ2n) is 16.1. The average molecular weight is 793 g/mol. The van der Waals surface area contributed by atoms with Crippen LogP contribution in [-0.4, -0.2) is 121 Å². The highest BCUT2D eigenvalue weighted by molar-refractivity contribution is 5.69. The van der Waals surface area contributed by atoms with Crippen LogP contribution in [-0.2, 0) is 23.7 Å². The normalized spacial score (nSPS) is 29.8. The van der Waals surface area contributed by atoms with Crippen molar-refractivity contribution >= 4 is 5.97 Å². The molecule has 2 aliphatic rings. The average Bonchev–Trinajstić information content (AvgIpc) is 3.18. The molecular formula is C42H80O13. The first-order valence-corrected chi connectivity index (χ1v) is 22.1. The highest BCUT2D eigenvalue weighted by atomic mass is 16.8. The van der Waals surface area contributed by atoms with Crippen LogP contribution in [0.25, 0.3) is 0 Å². The molecule has 0 aromatic heterocycles. The molecular weight excluding hydrogens is 712 g/mol. The molecule has 0 spiro atoms. The fourth-order valence-electron chi connectivity index (χ4n) is 7.70. The molecule has 0 bridgehead atoms. The van der Waals surface area contributed by atoms with Crippen LogP contribution in [0, 0.1) is 0 Å². The van der Waals surface area contributed by atoms with E-state index in [0.29, 0.717) is 6.42 Å². The number of carbonyl (C=O) groups is 1. The van der Waals surface area contributed by atoms with E-state index in [1.165, 1.54) is 141 Å². The van der Waals surface area contributed by atoms with E-state index < -0.39 is 80.3 Å². The molecule has 2 fully saturated rings. The molecule has 13 nitrogen and oxygen atoms in total. The standard InChI is InChI=1S/C42H80O13/c1-2-3-4-5-6-7-8-9-10-11-12-13-14-15-16-17-18-19-20-21-22-23-24-25-26-27-28-29-33(45)54-42(31-44)39(50)35(47)37(49)41(55-42)53-38-32(30-43)52-40(51)36(48)34(38)46/h32,34-41,43-44,46-51H,2-31H2,1H3/t32-,34-,35+,36-,37-,38-,39-,40-,41+,42+/m1/s1. The lowest BCUT2D eigenvalue weighted by molar-refractivity contribution is -0.416. The summed E-state index contributed by atoms with van der Waals surface area (Å²) in [5.41, 5.74) is 0. The quantitative estimate of drug-likeness (QED) is 0.0308. The Morgan fingerprint density at radius 2 is 0.945 bits per heavy atom. The van der Waals surface area contributed by atoms with Crippen molar-refractivity contribution in [3.63, 3.8) is 0 Å². The molecule has 10 atom stereocenters. The van der Waals surface area contributed by atoms with Crippen LogP contribution in [0.3, 0.4) is 0 Å². The van der Waals surface area contributed by atoms with E-state index >= 15 is 0 Å². The molecule has 0 unspecified atom stereocenters. The van der Waals surface area contributed by atoms with Gasteiger partial charge in [-0.25, -0.2) is 0 Å². The second-order valence-corrected chi connectivity index (χ2v) is 16.1. The third kappa shape index (κ3) is 19.1. The van der Waals surface area contributed by atoms with Crippen molar-refractivity contribution < 1.29 is 64.6 Å². The zero-order valence-electron chi connectivity index (χ0n) is 34.0. The van der Waals surface area contributed by atoms with Crippen LogP contribution >= 0.6 is 0 Å². The number of ether oxygens (including phenoxy) is 4. The van der Waals surface area contributed by atoms with Crippen LogP contribution in [0.15, 0.2) is 0 Å². The van der Waals surface area contributed by atoms with E-state index in [0.717, 1.165) is 25.7 Å². The van der Waals surface area contributed by atoms with Gasteiger partial charge < -0.3 is 59.8 Å². The number of aliphatic hydroxyl groups excluding tert-OH is 8. The fraction of sp³-hybridized carbons (Fsp3) is 0.976. The zero-order chi connectivity index (χ0) is 40.3. The van der Waals surface area contributed by atoms with E-state index in [4.69, 9.17) is 18.9 Å². The molecule has 13 heteroatoms. The summed E-state index contributed by atoms with van der Waals surface area (Å²) < 4.78 is 21.3. The van der Waals surface area contributed by atoms with E-state index in [1.54, 1.807) is 0 Å². The van der Waals surface area contributed by atoms with Crippen molar-refractivity contribution in [2.75, 3.05) is 13.2 Å². The number of carbonyl (C=O) groups excluding carboxylic acids is 1. The Morgan fingerprint density at radius 1 is 0.545 bits per heavy atom. The van der Waals surface area contributed by atoms with Gasteiger partial charge >= 0.3 is 5.97 Å². The molecule has 0 aliphatic carbocycles. The van der Waals surface area contributed by atoms with Crippen LogP contribution in [0.1, 0.15) is 187 Å². The van der Waals surface area contributed by atoms with Gasteiger partial charge in [-0.3, -0.25) is 4.79 Å². The molecule has 2 rings (SSSR count). The highest BCUT2D eigenvalue weighted by Crippen LogP contribution is 2.35. The first kappa shape index (κ1) is 50.2. The molecule has 2 aliphatic heterocycles. The lowest BCUT2D eigenvalue weighted by Crippen LogP contribution is -2.69. The molecule has 326 valence electrons. The second kappa shape index (κ2) is 30.1. The fourth-order valence-corrected chi connectivity index (χ4v) is 7.70. The van der Waals surface area contributed by atoms with Gasteiger partial charge in [0, 0.05) is 6.42 Å². The van der Waals surface area contributed by atoms with Gasteiger partial charge in [-0.1, -0.05) is 174 Å². The maximum Gasteiger partial charge on any atom is 0.308 e. The van der Waals surface area contributed by atoms with Crippen LogP contribution in [0.2, 0.25) is 0 Å². The molecule has 2 heterocycles. The van der Waals surface area contributed by atoms with Gasteiger partial charge in [0.25, 0.3) is 5.79 Å². The highest BCUT2D eigenvalue weighted by Gasteiger charge is 2.58. The largest absolute Gasteiger partial charge is 0.427 e. The Morgan fingerprint density at radius 3 is 1.33 bits per heavy atom. The molecule has 0 saturated carbocycles. The minimum Gasteiger partial charge on any atom is -0.427 e. The number of hydrogen-bond donors (Lipinski definition) is 8. The summed E-state index contributed by atoms with van der Waals surface area (Å²) >= 11 is 0. The Bertz CT molecular complexity index is 941. The maximum absolute atomic E-state index is 12.7. The summed E-state index contributed by atoms with van der Waals surface area (Å²) in [5, 5.41) is 81.4. The first-order chi connectivity index (χ1) is 26.6. The van der Waals surface area contributed by atoms with Crippen LogP contribution in [0.5, 0.6) is 0 Å². The smallest absolute Gasteiger partial charge is 0.308 e. The van der Waals surface area contributed by atoms with Crippen molar-refractivity contribution in [2.24, 2.45) is 0 Å². The van der Waals surface area contributed by atoms with Gasteiger partial charge in [-0.05, 0) is 6.42 Å². The molecule has 0 radical (unpaired) electrons. The maximum atomic E-state index is 12.7. The summed E-state index contributed by atoms with van der Waals surface area (Å²) in [6.45, 7) is 0.414. The number of aliphatic hydroxyl groups is 8. The Hall–Kier alpha value is -0.970. The van der Waals surface area contributed by atoms with Crippen molar-refractivity contribution in [3.8, 4) is 0 Å². The number of esters is 1. The predicted octanol–water partition coefficient (Wildman–Crippen LogP) is 5.42. The molecule has 0 amide bonds. The predicted molar refractivity (Wildman–Crippen MR) is 209 cm³/mol. The van der Waals surface area contributed by atoms with Gasteiger partial charge in [0.05, 0.1) is 6.61 Å². The Kier molecular flexibility index (Phi) is 27.5. The topological polar surface area (TPSA) is 216 Å². The van der Waals surface area contributed by atoms with Crippen molar-refractivity contribution in [3.05, 3.63) is 0 Å². The van der Waals surface area contributed by atoms with Gasteiger partial charge in [0.15, 0.2) is 18.7 Å². The number of hydrogen-bond acceptors (Lipinski definition) is 13. The summed E-state index contributed by atoms with van der Waals surface area (Å²) in [6, 6.07) is 0. The summed E-state index contributed by atoms with van der Waals surface area (Å²) in [6.07, 6.45) is 18.4. The van der Waals surface area contributed by atoms with Gasteiger partial charge in [-0.2, -0.15) is 0 Å². The van der Waals surface area contributed by atoms with Gasteiger partial charge in [-0.15, -0.1) is 0 Å². The summed E-state index contributed by atoms with van der Waals surface area (Å²) in [4.78, 5) is 12.7. The summed E-state index contributed by atoms with van der Waals surface area (Å²) in [7, 11) is 0. The minimum atomic E-state index is -2.50. The minimum absolute atomic E-state index is 0.0345. The third-order valence-corrected chi connectivity index (χ3v) is 11.3.